The van der Waals surface area contributed by atoms with Crippen molar-refractivity contribution >= 4 is 5.71 Å². The zero-order chi connectivity index (χ0) is 6.85. The Kier molecular flexibility index (Phi) is 1.64. The summed E-state index contributed by atoms with van der Waals surface area (Å²) in [6.45, 7) is 0.625. The molecule has 0 spiro atoms. The van der Waals surface area contributed by atoms with Crippen molar-refractivity contribution in [3.8, 4) is 0 Å². The predicted octanol–water partition coefficient (Wildman–Crippen LogP) is 0.943. The molecule has 0 saturated carbocycles. The lowest BCUT2D eigenvalue weighted by Gasteiger charge is -2.00. The highest BCUT2D eigenvalue weighted by Gasteiger charge is 2.18. The smallest absolute Gasteiger partial charge is 0.278 e. The fourth-order valence-corrected chi connectivity index (χ4v) is 0.748. The Balaban J connectivity index is 2.52. The number of hydrogen-bond acceptors (Lipinski definition) is 2. The van der Waals surface area contributed by atoms with Gasteiger partial charge in [0, 0.05) is 20.0 Å². The maximum Gasteiger partial charge on any atom is 0.278 e. The first-order valence-corrected chi connectivity index (χ1v) is 2.77. The van der Waals surface area contributed by atoms with Crippen molar-refractivity contribution in [3.05, 3.63) is 0 Å². The summed E-state index contributed by atoms with van der Waals surface area (Å²) in [4.78, 5) is 0. The van der Waals surface area contributed by atoms with Crippen LogP contribution in [0, 0.1) is 0 Å². The summed E-state index contributed by atoms with van der Waals surface area (Å²) in [5, 5.41) is 5.12. The molecule has 0 aromatic rings. The largest absolute Gasteiger partial charge is 0.300 e. The number of alkyl halides is 2. The van der Waals surface area contributed by atoms with Crippen LogP contribution in [0.15, 0.2) is 5.10 Å². The van der Waals surface area contributed by atoms with E-state index in [0.717, 1.165) is 0 Å². The number of hydrogen-bond donors (Lipinski definition) is 0. The van der Waals surface area contributed by atoms with Gasteiger partial charge in [0.05, 0.1) is 0 Å². The van der Waals surface area contributed by atoms with Crippen LogP contribution >= 0.6 is 0 Å². The molecule has 0 unspecified atom stereocenters. The van der Waals surface area contributed by atoms with Crippen molar-refractivity contribution in [2.45, 2.75) is 12.8 Å². The molecule has 0 saturated heterocycles. The Hall–Kier alpha value is -0.670. The van der Waals surface area contributed by atoms with Crippen LogP contribution in [0.25, 0.3) is 0 Å². The van der Waals surface area contributed by atoms with E-state index >= 15 is 0 Å². The molecule has 1 rings (SSSR count). The fourth-order valence-electron chi connectivity index (χ4n) is 0.748. The van der Waals surface area contributed by atoms with E-state index in [4.69, 9.17) is 0 Å². The summed E-state index contributed by atoms with van der Waals surface area (Å²) in [7, 11) is 1.69. The molecule has 0 radical (unpaired) electrons. The van der Waals surface area contributed by atoms with Crippen molar-refractivity contribution in [2.24, 2.45) is 5.10 Å². The molecule has 0 atom stereocenters. The van der Waals surface area contributed by atoms with Crippen LogP contribution in [0.2, 0.25) is 0 Å². The van der Waals surface area contributed by atoms with Crippen LogP contribution in [-0.2, 0) is 0 Å². The number of halogens is 2. The van der Waals surface area contributed by atoms with Gasteiger partial charge in [0.1, 0.15) is 5.71 Å². The summed E-state index contributed by atoms with van der Waals surface area (Å²) in [6, 6.07) is 0. The maximum atomic E-state index is 11.8. The van der Waals surface area contributed by atoms with Crippen LogP contribution in [0.3, 0.4) is 0 Å². The van der Waals surface area contributed by atoms with Gasteiger partial charge in [0.15, 0.2) is 0 Å². The number of nitrogens with zero attached hydrogens (tertiary/aromatic N) is 2. The van der Waals surface area contributed by atoms with Crippen LogP contribution in [-0.4, -0.2) is 30.7 Å². The fraction of sp³-hybridized carbons (Fsp3) is 0.800. The van der Waals surface area contributed by atoms with Crippen LogP contribution in [0.5, 0.6) is 0 Å². The Labute approximate surface area is 52.1 Å². The zero-order valence-electron chi connectivity index (χ0n) is 5.14. The van der Waals surface area contributed by atoms with Crippen molar-refractivity contribution < 1.29 is 8.78 Å². The highest BCUT2D eigenvalue weighted by molar-refractivity contribution is 5.88. The second-order valence-corrected chi connectivity index (χ2v) is 2.02. The molecule has 4 heteroatoms. The standard InChI is InChI=1S/C5H8F2N2/c1-9-3-2-4(8-9)5(6)7/h5H,2-3H2,1H3. The molecule has 0 aromatic carbocycles. The average Bonchev–Trinajstić information content (AvgIpc) is 2.14. The van der Waals surface area contributed by atoms with Gasteiger partial charge >= 0.3 is 0 Å². The lowest BCUT2D eigenvalue weighted by atomic mass is 10.3. The van der Waals surface area contributed by atoms with Crippen LogP contribution in [0.1, 0.15) is 6.42 Å². The first-order chi connectivity index (χ1) is 4.20. The topological polar surface area (TPSA) is 15.6 Å². The average molecular weight is 134 g/mol. The molecule has 0 N–H and O–H groups in total. The van der Waals surface area contributed by atoms with E-state index in [1.165, 1.54) is 5.01 Å². The Bertz CT molecular complexity index is 133. The van der Waals surface area contributed by atoms with Crippen molar-refractivity contribution in [1.82, 2.24) is 5.01 Å². The van der Waals surface area contributed by atoms with Gasteiger partial charge in [-0.1, -0.05) is 0 Å². The summed E-state index contributed by atoms with van der Waals surface area (Å²) in [5.41, 5.74) is 0.0116. The lowest BCUT2D eigenvalue weighted by molar-refractivity contribution is 0.223. The highest BCUT2D eigenvalue weighted by atomic mass is 19.3. The monoisotopic (exact) mass is 134 g/mol. The first-order valence-electron chi connectivity index (χ1n) is 2.77. The van der Waals surface area contributed by atoms with Gasteiger partial charge in [0.2, 0.25) is 0 Å². The molecule has 2 nitrogen and oxygen atoms in total. The normalized spacial score (nSPS) is 19.1. The Morgan fingerprint density at radius 2 is 2.33 bits per heavy atom. The minimum atomic E-state index is -2.37. The molecule has 0 fully saturated rings. The van der Waals surface area contributed by atoms with Crippen LogP contribution in [0.4, 0.5) is 8.78 Å². The van der Waals surface area contributed by atoms with Gasteiger partial charge < -0.3 is 0 Å². The lowest BCUT2D eigenvalue weighted by Crippen LogP contribution is -2.06. The van der Waals surface area contributed by atoms with Crippen LogP contribution < -0.4 is 0 Å². The van der Waals surface area contributed by atoms with Gasteiger partial charge in [-0.15, -0.1) is 0 Å². The minimum absolute atomic E-state index is 0.0116. The molecular weight excluding hydrogens is 126 g/mol. The van der Waals surface area contributed by atoms with Crippen molar-refractivity contribution in [2.75, 3.05) is 13.6 Å². The van der Waals surface area contributed by atoms with E-state index in [2.05, 4.69) is 5.10 Å². The predicted molar refractivity (Wildman–Crippen MR) is 30.7 cm³/mol. The van der Waals surface area contributed by atoms with Crippen molar-refractivity contribution in [1.29, 1.82) is 0 Å². The maximum absolute atomic E-state index is 11.8. The van der Waals surface area contributed by atoms with E-state index in [1.54, 1.807) is 7.05 Å². The van der Waals surface area contributed by atoms with Crippen molar-refractivity contribution in [3.63, 3.8) is 0 Å². The molecule has 1 aliphatic rings. The molecule has 1 heterocycles. The highest BCUT2D eigenvalue weighted by Crippen LogP contribution is 2.09. The summed E-state index contributed by atoms with van der Waals surface area (Å²) in [5.74, 6) is 0. The second kappa shape index (κ2) is 2.29. The van der Waals surface area contributed by atoms with E-state index in [-0.39, 0.29) is 5.71 Å². The molecule has 1 aliphatic heterocycles. The molecule has 9 heavy (non-hydrogen) atoms. The molecule has 0 aliphatic carbocycles. The number of rotatable bonds is 1. The molecular formula is C5H8F2N2. The molecule has 0 aromatic heterocycles. The van der Waals surface area contributed by atoms with E-state index in [0.29, 0.717) is 13.0 Å². The molecule has 0 bridgehead atoms. The first kappa shape index (κ1) is 6.45. The van der Waals surface area contributed by atoms with E-state index in [9.17, 15) is 8.78 Å². The Morgan fingerprint density at radius 3 is 2.56 bits per heavy atom. The second-order valence-electron chi connectivity index (χ2n) is 2.02. The Morgan fingerprint density at radius 1 is 1.67 bits per heavy atom. The summed E-state index contributed by atoms with van der Waals surface area (Å²) in [6.07, 6.45) is -1.95. The number of hydrazone groups is 1. The van der Waals surface area contributed by atoms with Gasteiger partial charge in [0.25, 0.3) is 6.43 Å². The quantitative estimate of drug-likeness (QED) is 0.521. The third kappa shape index (κ3) is 1.37. The molecule has 52 valence electrons. The third-order valence-corrected chi connectivity index (χ3v) is 1.24. The summed E-state index contributed by atoms with van der Waals surface area (Å²) >= 11 is 0. The SMILES string of the molecule is CN1CCC(C(F)F)=N1. The van der Waals surface area contributed by atoms with Gasteiger partial charge in [-0.25, -0.2) is 8.78 Å². The minimum Gasteiger partial charge on any atom is -0.300 e. The van der Waals surface area contributed by atoms with E-state index < -0.39 is 6.43 Å². The van der Waals surface area contributed by atoms with Gasteiger partial charge in [-0.2, -0.15) is 5.10 Å². The van der Waals surface area contributed by atoms with Gasteiger partial charge in [-0.3, -0.25) is 5.01 Å². The third-order valence-electron chi connectivity index (χ3n) is 1.24. The zero-order valence-corrected chi connectivity index (χ0v) is 5.14. The van der Waals surface area contributed by atoms with E-state index in [1.807, 2.05) is 0 Å². The summed E-state index contributed by atoms with van der Waals surface area (Å²) < 4.78 is 23.5. The van der Waals surface area contributed by atoms with Gasteiger partial charge in [-0.05, 0) is 0 Å². The molecule has 0 amide bonds.